The van der Waals surface area contributed by atoms with Crippen molar-refractivity contribution in [1.29, 1.82) is 0 Å². The Labute approximate surface area is 158 Å². The number of rotatable bonds is 8. The van der Waals surface area contributed by atoms with Crippen molar-refractivity contribution in [2.45, 2.75) is 45.6 Å². The average molecular weight is 433 g/mol. The molecule has 0 saturated heterocycles. The van der Waals surface area contributed by atoms with Gasteiger partial charge in [-0.3, -0.25) is 4.99 Å². The summed E-state index contributed by atoms with van der Waals surface area (Å²) in [5.41, 5.74) is 1.36. The second kappa shape index (κ2) is 12.6. The SMILES string of the molecule is CN=C(NCCCCOCCc1ccccc1)NC(C)(C)C.I. The summed E-state index contributed by atoms with van der Waals surface area (Å²) < 4.78 is 5.68. The summed E-state index contributed by atoms with van der Waals surface area (Å²) >= 11 is 0. The second-order valence-electron chi connectivity index (χ2n) is 6.43. The molecule has 0 unspecified atom stereocenters. The molecular weight excluding hydrogens is 401 g/mol. The van der Waals surface area contributed by atoms with Gasteiger partial charge in [0.25, 0.3) is 0 Å². The molecule has 0 amide bonds. The van der Waals surface area contributed by atoms with Gasteiger partial charge in [-0.2, -0.15) is 0 Å². The second-order valence-corrected chi connectivity index (χ2v) is 6.43. The van der Waals surface area contributed by atoms with Gasteiger partial charge in [-0.05, 0) is 45.6 Å². The number of ether oxygens (including phenoxy) is 1. The zero-order valence-corrected chi connectivity index (χ0v) is 17.2. The first-order valence-corrected chi connectivity index (χ1v) is 8.12. The fourth-order valence-electron chi connectivity index (χ4n) is 2.01. The zero-order valence-electron chi connectivity index (χ0n) is 14.9. The summed E-state index contributed by atoms with van der Waals surface area (Å²) in [7, 11) is 1.80. The molecule has 0 aromatic heterocycles. The summed E-state index contributed by atoms with van der Waals surface area (Å²) in [6, 6.07) is 10.5. The number of nitrogens with zero attached hydrogens (tertiary/aromatic N) is 1. The van der Waals surface area contributed by atoms with Crippen LogP contribution in [-0.2, 0) is 11.2 Å². The maximum absolute atomic E-state index is 5.68. The van der Waals surface area contributed by atoms with Crippen LogP contribution in [0.3, 0.4) is 0 Å². The third-order valence-corrected chi connectivity index (χ3v) is 3.10. The summed E-state index contributed by atoms with van der Waals surface area (Å²) in [6.07, 6.45) is 3.13. The van der Waals surface area contributed by atoms with Crippen LogP contribution in [0.5, 0.6) is 0 Å². The summed E-state index contributed by atoms with van der Waals surface area (Å²) in [5.74, 6) is 0.859. The number of halogens is 1. The van der Waals surface area contributed by atoms with Gasteiger partial charge in [0.1, 0.15) is 0 Å². The number of nitrogens with one attached hydrogen (secondary N) is 2. The van der Waals surface area contributed by atoms with E-state index in [0.29, 0.717) is 0 Å². The molecule has 0 aliphatic heterocycles. The van der Waals surface area contributed by atoms with Gasteiger partial charge in [0, 0.05) is 25.7 Å². The topological polar surface area (TPSA) is 45.7 Å². The van der Waals surface area contributed by atoms with E-state index in [4.69, 9.17) is 4.74 Å². The average Bonchev–Trinajstić information content (AvgIpc) is 2.48. The molecular formula is C18H32IN3O. The first kappa shape index (κ1) is 22.2. The van der Waals surface area contributed by atoms with E-state index in [0.717, 1.165) is 45.0 Å². The Morgan fingerprint density at radius 1 is 1.09 bits per heavy atom. The van der Waals surface area contributed by atoms with E-state index in [1.54, 1.807) is 7.05 Å². The third kappa shape index (κ3) is 12.3. The largest absolute Gasteiger partial charge is 0.381 e. The van der Waals surface area contributed by atoms with Crippen molar-refractivity contribution in [2.24, 2.45) is 4.99 Å². The van der Waals surface area contributed by atoms with Crippen LogP contribution in [0.15, 0.2) is 35.3 Å². The number of guanidine groups is 1. The molecule has 1 aromatic rings. The highest BCUT2D eigenvalue weighted by molar-refractivity contribution is 14.0. The number of aliphatic imine (C=N–C) groups is 1. The van der Waals surface area contributed by atoms with Crippen molar-refractivity contribution >= 4 is 29.9 Å². The van der Waals surface area contributed by atoms with Crippen molar-refractivity contribution in [1.82, 2.24) is 10.6 Å². The molecule has 0 fully saturated rings. The molecule has 0 bridgehead atoms. The van der Waals surface area contributed by atoms with Gasteiger partial charge in [0.2, 0.25) is 0 Å². The van der Waals surface area contributed by atoms with Crippen LogP contribution >= 0.6 is 24.0 Å². The lowest BCUT2D eigenvalue weighted by molar-refractivity contribution is 0.133. The fourth-order valence-corrected chi connectivity index (χ4v) is 2.01. The van der Waals surface area contributed by atoms with Gasteiger partial charge in [-0.1, -0.05) is 30.3 Å². The molecule has 0 heterocycles. The number of hydrogen-bond acceptors (Lipinski definition) is 2. The van der Waals surface area contributed by atoms with Gasteiger partial charge < -0.3 is 15.4 Å². The molecule has 0 aliphatic carbocycles. The van der Waals surface area contributed by atoms with Crippen LogP contribution < -0.4 is 10.6 Å². The predicted octanol–water partition coefficient (Wildman–Crippen LogP) is 3.61. The quantitative estimate of drug-likeness (QED) is 0.285. The van der Waals surface area contributed by atoms with Crippen LogP contribution in [0.2, 0.25) is 0 Å². The van der Waals surface area contributed by atoms with Crippen molar-refractivity contribution in [2.75, 3.05) is 26.8 Å². The number of hydrogen-bond donors (Lipinski definition) is 2. The van der Waals surface area contributed by atoms with E-state index in [1.165, 1.54) is 5.56 Å². The van der Waals surface area contributed by atoms with Crippen LogP contribution in [0, 0.1) is 0 Å². The molecule has 5 heteroatoms. The normalized spacial score (nSPS) is 11.7. The molecule has 0 spiro atoms. The molecule has 132 valence electrons. The Bertz CT molecular complexity index is 430. The summed E-state index contributed by atoms with van der Waals surface area (Å²) in [4.78, 5) is 4.22. The molecule has 23 heavy (non-hydrogen) atoms. The first-order chi connectivity index (χ1) is 10.5. The van der Waals surface area contributed by atoms with Crippen LogP contribution in [-0.4, -0.2) is 38.3 Å². The molecule has 4 nitrogen and oxygen atoms in total. The highest BCUT2D eigenvalue weighted by Crippen LogP contribution is 2.00. The van der Waals surface area contributed by atoms with Gasteiger partial charge in [0.15, 0.2) is 5.96 Å². The molecule has 0 saturated carbocycles. The third-order valence-electron chi connectivity index (χ3n) is 3.10. The van der Waals surface area contributed by atoms with E-state index in [-0.39, 0.29) is 29.5 Å². The Hall–Kier alpha value is -0.820. The molecule has 0 radical (unpaired) electrons. The maximum atomic E-state index is 5.68. The highest BCUT2D eigenvalue weighted by Gasteiger charge is 2.10. The van der Waals surface area contributed by atoms with E-state index in [9.17, 15) is 0 Å². The van der Waals surface area contributed by atoms with Gasteiger partial charge in [-0.15, -0.1) is 24.0 Å². The Morgan fingerprint density at radius 3 is 2.39 bits per heavy atom. The van der Waals surface area contributed by atoms with Crippen molar-refractivity contribution in [3.8, 4) is 0 Å². The monoisotopic (exact) mass is 433 g/mol. The van der Waals surface area contributed by atoms with E-state index in [1.807, 2.05) is 6.07 Å². The van der Waals surface area contributed by atoms with Crippen molar-refractivity contribution in [3.63, 3.8) is 0 Å². The van der Waals surface area contributed by atoms with Crippen LogP contribution in [0.25, 0.3) is 0 Å². The maximum Gasteiger partial charge on any atom is 0.191 e. The Balaban J connectivity index is 0.00000484. The zero-order chi connectivity index (χ0) is 16.3. The molecule has 1 rings (SSSR count). The lowest BCUT2D eigenvalue weighted by atomic mass is 10.1. The van der Waals surface area contributed by atoms with E-state index < -0.39 is 0 Å². The molecule has 2 N–H and O–H groups in total. The van der Waals surface area contributed by atoms with Crippen molar-refractivity contribution < 1.29 is 4.74 Å². The number of unbranched alkanes of at least 4 members (excludes halogenated alkanes) is 1. The fraction of sp³-hybridized carbons (Fsp3) is 0.611. The highest BCUT2D eigenvalue weighted by atomic mass is 127. The van der Waals surface area contributed by atoms with Crippen LogP contribution in [0.4, 0.5) is 0 Å². The van der Waals surface area contributed by atoms with Crippen molar-refractivity contribution in [3.05, 3.63) is 35.9 Å². The van der Waals surface area contributed by atoms with Gasteiger partial charge in [-0.25, -0.2) is 0 Å². The van der Waals surface area contributed by atoms with E-state index in [2.05, 4.69) is 60.7 Å². The van der Waals surface area contributed by atoms with E-state index >= 15 is 0 Å². The minimum atomic E-state index is 0. The molecule has 0 atom stereocenters. The van der Waals surface area contributed by atoms with Gasteiger partial charge in [0.05, 0.1) is 6.61 Å². The Kier molecular flexibility index (Phi) is 12.1. The first-order valence-electron chi connectivity index (χ1n) is 8.12. The molecule has 0 aliphatic rings. The molecule has 1 aromatic carbocycles. The lowest BCUT2D eigenvalue weighted by Crippen LogP contribution is -2.47. The smallest absolute Gasteiger partial charge is 0.191 e. The lowest BCUT2D eigenvalue weighted by Gasteiger charge is -2.23. The summed E-state index contributed by atoms with van der Waals surface area (Å²) in [5, 5.41) is 6.67. The van der Waals surface area contributed by atoms with Crippen LogP contribution in [0.1, 0.15) is 39.2 Å². The van der Waals surface area contributed by atoms with Gasteiger partial charge >= 0.3 is 0 Å². The number of benzene rings is 1. The minimum Gasteiger partial charge on any atom is -0.381 e. The minimum absolute atomic E-state index is 0. The Morgan fingerprint density at radius 2 is 1.78 bits per heavy atom. The summed E-state index contributed by atoms with van der Waals surface area (Å²) in [6.45, 7) is 8.91. The standard InChI is InChI=1S/C18H31N3O.HI/c1-18(2,3)21-17(19-4)20-13-8-9-14-22-15-12-16-10-6-5-7-11-16;/h5-7,10-11H,8-9,12-15H2,1-4H3,(H2,19,20,21);1H. The predicted molar refractivity (Wildman–Crippen MR) is 110 cm³/mol.